The van der Waals surface area contributed by atoms with Crippen LogP contribution in [0.4, 0.5) is 0 Å². The van der Waals surface area contributed by atoms with Gasteiger partial charge in [-0.2, -0.15) is 15.4 Å². The number of carbonyl (C=O) groups is 1. The van der Waals surface area contributed by atoms with Crippen LogP contribution in [-0.2, 0) is 6.54 Å². The Kier molecular flexibility index (Phi) is 3.56. The Labute approximate surface area is 119 Å². The van der Waals surface area contributed by atoms with Crippen molar-refractivity contribution < 1.29 is 4.79 Å². The molecule has 20 heavy (non-hydrogen) atoms. The van der Waals surface area contributed by atoms with E-state index in [1.54, 1.807) is 6.20 Å². The molecule has 0 unspecified atom stereocenters. The van der Waals surface area contributed by atoms with Crippen molar-refractivity contribution in [2.75, 3.05) is 0 Å². The summed E-state index contributed by atoms with van der Waals surface area (Å²) in [6.07, 6.45) is 1.59. The Balaban J connectivity index is 1.77. The summed E-state index contributed by atoms with van der Waals surface area (Å²) in [6, 6.07) is 11.8. The summed E-state index contributed by atoms with van der Waals surface area (Å²) in [5.41, 5.74) is 2.70. The molecule has 0 aliphatic carbocycles. The first-order valence-corrected chi connectivity index (χ1v) is 6.98. The maximum atomic E-state index is 12.2. The van der Waals surface area contributed by atoms with Crippen molar-refractivity contribution in [3.8, 4) is 11.1 Å². The lowest BCUT2D eigenvalue weighted by atomic mass is 10.1. The van der Waals surface area contributed by atoms with Crippen LogP contribution in [0, 0.1) is 0 Å². The maximum Gasteiger partial charge on any atom is 0.262 e. The predicted octanol–water partition coefficient (Wildman–Crippen LogP) is 2.46. The average molecular weight is 284 g/mol. The fourth-order valence-corrected chi connectivity index (χ4v) is 2.72. The van der Waals surface area contributed by atoms with Crippen LogP contribution >= 0.6 is 11.3 Å². The number of nitrogens with zero attached hydrogens (tertiary/aromatic N) is 2. The molecular weight excluding hydrogens is 272 g/mol. The molecule has 3 rings (SSSR count). The molecule has 0 saturated carbocycles. The number of rotatable bonds is 4. The van der Waals surface area contributed by atoms with Gasteiger partial charge in [0.05, 0.1) is 17.6 Å². The molecule has 1 amide bonds. The molecular formula is C14H12N4OS. The van der Waals surface area contributed by atoms with E-state index in [1.807, 2.05) is 41.8 Å². The van der Waals surface area contributed by atoms with Crippen molar-refractivity contribution in [2.24, 2.45) is 0 Å². The molecule has 0 spiro atoms. The van der Waals surface area contributed by atoms with E-state index in [1.165, 1.54) is 11.3 Å². The second-order valence-corrected chi connectivity index (χ2v) is 5.09. The van der Waals surface area contributed by atoms with Crippen LogP contribution < -0.4 is 5.32 Å². The summed E-state index contributed by atoms with van der Waals surface area (Å²) in [6.45, 7) is 0.363. The topological polar surface area (TPSA) is 70.7 Å². The van der Waals surface area contributed by atoms with Crippen LogP contribution in [0.1, 0.15) is 15.4 Å². The fourth-order valence-electron chi connectivity index (χ4n) is 1.89. The van der Waals surface area contributed by atoms with E-state index < -0.39 is 0 Å². The largest absolute Gasteiger partial charge is 0.346 e. The highest BCUT2D eigenvalue weighted by atomic mass is 32.1. The van der Waals surface area contributed by atoms with Gasteiger partial charge in [0.1, 0.15) is 5.69 Å². The van der Waals surface area contributed by atoms with Crippen LogP contribution in [0.5, 0.6) is 0 Å². The van der Waals surface area contributed by atoms with Gasteiger partial charge in [0, 0.05) is 5.56 Å². The number of hydrogen-bond acceptors (Lipinski definition) is 4. The van der Waals surface area contributed by atoms with Gasteiger partial charge in [-0.25, -0.2) is 0 Å². The number of nitrogens with one attached hydrogen (secondary N) is 2. The molecule has 1 aromatic carbocycles. The van der Waals surface area contributed by atoms with Gasteiger partial charge >= 0.3 is 0 Å². The van der Waals surface area contributed by atoms with E-state index in [-0.39, 0.29) is 5.91 Å². The van der Waals surface area contributed by atoms with Gasteiger partial charge in [-0.1, -0.05) is 30.3 Å². The van der Waals surface area contributed by atoms with Crippen LogP contribution in [0.3, 0.4) is 0 Å². The van der Waals surface area contributed by atoms with Crippen molar-refractivity contribution in [2.45, 2.75) is 6.54 Å². The molecule has 6 heteroatoms. The van der Waals surface area contributed by atoms with Gasteiger partial charge in [-0.05, 0) is 17.0 Å². The molecule has 0 aliphatic rings. The predicted molar refractivity (Wildman–Crippen MR) is 77.3 cm³/mol. The fraction of sp³-hybridized carbons (Fsp3) is 0.0714. The molecule has 2 N–H and O–H groups in total. The Morgan fingerprint density at radius 2 is 2.10 bits per heavy atom. The molecule has 0 bridgehead atoms. The third-order valence-electron chi connectivity index (χ3n) is 2.85. The highest BCUT2D eigenvalue weighted by Gasteiger charge is 2.14. The minimum Gasteiger partial charge on any atom is -0.346 e. The number of hydrogen-bond donors (Lipinski definition) is 2. The molecule has 2 heterocycles. The van der Waals surface area contributed by atoms with E-state index in [9.17, 15) is 4.79 Å². The number of aromatic nitrogens is 3. The van der Waals surface area contributed by atoms with Gasteiger partial charge < -0.3 is 5.32 Å². The van der Waals surface area contributed by atoms with Crippen molar-refractivity contribution >= 4 is 17.2 Å². The summed E-state index contributed by atoms with van der Waals surface area (Å²) >= 11 is 1.43. The molecule has 0 atom stereocenters. The first-order chi connectivity index (χ1) is 9.84. The minimum atomic E-state index is -0.0955. The van der Waals surface area contributed by atoms with E-state index in [4.69, 9.17) is 0 Å². The lowest BCUT2D eigenvalue weighted by Gasteiger charge is -2.04. The normalized spacial score (nSPS) is 10.4. The Morgan fingerprint density at radius 3 is 2.85 bits per heavy atom. The van der Waals surface area contributed by atoms with Gasteiger partial charge in [0.15, 0.2) is 0 Å². The smallest absolute Gasteiger partial charge is 0.262 e. The second kappa shape index (κ2) is 5.66. The highest BCUT2D eigenvalue weighted by Crippen LogP contribution is 2.28. The third-order valence-corrected chi connectivity index (χ3v) is 3.76. The molecule has 100 valence electrons. The number of amides is 1. The van der Waals surface area contributed by atoms with E-state index >= 15 is 0 Å². The molecule has 5 nitrogen and oxygen atoms in total. The Morgan fingerprint density at radius 1 is 1.25 bits per heavy atom. The average Bonchev–Trinajstić information content (AvgIpc) is 3.17. The standard InChI is InChI=1S/C14H12N4OS/c19-14(15-8-11-9-16-18-17-11)13-12(6-7-20-13)10-4-2-1-3-5-10/h1-7,9H,8H2,(H,15,19)(H,16,17,18). The van der Waals surface area contributed by atoms with E-state index in [0.29, 0.717) is 17.1 Å². The molecule has 3 aromatic rings. The van der Waals surface area contributed by atoms with Crippen molar-refractivity contribution in [3.05, 3.63) is 58.5 Å². The summed E-state index contributed by atoms with van der Waals surface area (Å²) in [5, 5.41) is 14.9. The molecule has 0 saturated heterocycles. The van der Waals surface area contributed by atoms with Gasteiger partial charge in [0.2, 0.25) is 0 Å². The SMILES string of the molecule is O=C(NCc1cn[nH]n1)c1sccc1-c1ccccc1. The zero-order valence-corrected chi connectivity index (χ0v) is 11.4. The maximum absolute atomic E-state index is 12.2. The van der Waals surface area contributed by atoms with E-state index in [0.717, 1.165) is 11.1 Å². The number of thiophene rings is 1. The monoisotopic (exact) mass is 284 g/mol. The lowest BCUT2D eigenvalue weighted by Crippen LogP contribution is -2.22. The summed E-state index contributed by atoms with van der Waals surface area (Å²) in [7, 11) is 0. The third kappa shape index (κ3) is 2.60. The Hall–Kier alpha value is -2.47. The zero-order valence-electron chi connectivity index (χ0n) is 10.5. The molecule has 0 aliphatic heterocycles. The summed E-state index contributed by atoms with van der Waals surface area (Å²) in [5.74, 6) is -0.0955. The summed E-state index contributed by atoms with van der Waals surface area (Å²) in [4.78, 5) is 12.9. The molecule has 2 aromatic heterocycles. The Bertz CT molecular complexity index is 691. The first-order valence-electron chi connectivity index (χ1n) is 6.10. The quantitative estimate of drug-likeness (QED) is 0.773. The molecule has 0 fully saturated rings. The minimum absolute atomic E-state index is 0.0955. The van der Waals surface area contributed by atoms with Gasteiger partial charge in [0.25, 0.3) is 5.91 Å². The van der Waals surface area contributed by atoms with Crippen molar-refractivity contribution in [3.63, 3.8) is 0 Å². The van der Waals surface area contributed by atoms with Crippen LogP contribution in [0.25, 0.3) is 11.1 Å². The number of H-pyrrole nitrogens is 1. The zero-order chi connectivity index (χ0) is 13.8. The number of benzene rings is 1. The second-order valence-electron chi connectivity index (χ2n) is 4.17. The van der Waals surface area contributed by atoms with Crippen LogP contribution in [0.2, 0.25) is 0 Å². The first kappa shape index (κ1) is 12.6. The van der Waals surface area contributed by atoms with Gasteiger partial charge in [-0.15, -0.1) is 11.3 Å². The van der Waals surface area contributed by atoms with E-state index in [2.05, 4.69) is 20.7 Å². The van der Waals surface area contributed by atoms with Crippen LogP contribution in [0.15, 0.2) is 48.0 Å². The summed E-state index contributed by atoms with van der Waals surface area (Å²) < 4.78 is 0. The number of carbonyl (C=O) groups excluding carboxylic acids is 1. The molecule has 0 radical (unpaired) electrons. The highest BCUT2D eigenvalue weighted by molar-refractivity contribution is 7.12. The number of aromatic amines is 1. The lowest BCUT2D eigenvalue weighted by molar-refractivity contribution is 0.0955. The van der Waals surface area contributed by atoms with Crippen LogP contribution in [-0.4, -0.2) is 21.3 Å². The van der Waals surface area contributed by atoms with Crippen molar-refractivity contribution in [1.29, 1.82) is 0 Å². The van der Waals surface area contributed by atoms with Crippen molar-refractivity contribution in [1.82, 2.24) is 20.7 Å². The van der Waals surface area contributed by atoms with Gasteiger partial charge in [-0.3, -0.25) is 4.79 Å².